The highest BCUT2D eigenvalue weighted by atomic mass is 16.6. The Hall–Kier alpha value is -0.810. The van der Waals surface area contributed by atoms with Crippen LogP contribution in [0.2, 0.25) is 0 Å². The van der Waals surface area contributed by atoms with Crippen LogP contribution in [0.4, 0.5) is 4.79 Å². The van der Waals surface area contributed by atoms with E-state index in [1.54, 1.807) is 4.90 Å². The minimum Gasteiger partial charge on any atom is -0.444 e. The van der Waals surface area contributed by atoms with E-state index in [0.717, 1.165) is 0 Å². The van der Waals surface area contributed by atoms with Crippen LogP contribution in [0, 0.1) is 0 Å². The maximum atomic E-state index is 11.9. The lowest BCUT2D eigenvalue weighted by molar-refractivity contribution is -0.0941. The molecule has 0 aromatic rings. The van der Waals surface area contributed by atoms with Gasteiger partial charge in [0.2, 0.25) is 0 Å². The Morgan fingerprint density at radius 3 is 2.44 bits per heavy atom. The zero-order chi connectivity index (χ0) is 13.4. The largest absolute Gasteiger partial charge is 0.444 e. The Kier molecular flexibility index (Phi) is 3.56. The summed E-state index contributed by atoms with van der Waals surface area (Å²) >= 11 is 0. The van der Waals surface area contributed by atoms with Crippen molar-refractivity contribution in [2.45, 2.75) is 57.3 Å². The minimum atomic E-state index is -0.463. The molecule has 1 atom stereocenters. The number of likely N-dealkylation sites (tertiary alicyclic amines) is 1. The van der Waals surface area contributed by atoms with E-state index in [1.807, 2.05) is 20.8 Å². The van der Waals surface area contributed by atoms with Gasteiger partial charge in [0.1, 0.15) is 5.60 Å². The van der Waals surface area contributed by atoms with Gasteiger partial charge in [0.25, 0.3) is 0 Å². The van der Waals surface area contributed by atoms with Crippen LogP contribution in [-0.2, 0) is 9.47 Å². The topological polar surface area (TPSA) is 59.0 Å². The minimum absolute atomic E-state index is 0.273. The van der Waals surface area contributed by atoms with Crippen LogP contribution < -0.4 is 0 Å². The van der Waals surface area contributed by atoms with Crippen molar-refractivity contribution in [3.8, 4) is 0 Å². The maximum Gasteiger partial charge on any atom is 0.410 e. The summed E-state index contributed by atoms with van der Waals surface area (Å²) in [6, 6.07) is 0. The molecule has 2 aliphatic rings. The van der Waals surface area contributed by atoms with Crippen LogP contribution in [0.1, 0.15) is 40.0 Å². The van der Waals surface area contributed by atoms with E-state index in [0.29, 0.717) is 39.0 Å². The average molecular weight is 257 g/mol. The average Bonchev–Trinajstić information content (AvgIpc) is 2.59. The Bertz CT molecular complexity index is 315. The van der Waals surface area contributed by atoms with E-state index >= 15 is 0 Å². The second kappa shape index (κ2) is 4.70. The number of rotatable bonds is 0. The summed E-state index contributed by atoms with van der Waals surface area (Å²) in [5.74, 6) is 0. The zero-order valence-electron chi connectivity index (χ0n) is 11.4. The predicted molar refractivity (Wildman–Crippen MR) is 66.3 cm³/mol. The molecule has 2 fully saturated rings. The van der Waals surface area contributed by atoms with Gasteiger partial charge in [-0.25, -0.2) is 4.79 Å². The number of ether oxygens (including phenoxy) is 2. The van der Waals surface area contributed by atoms with E-state index < -0.39 is 17.3 Å². The van der Waals surface area contributed by atoms with Crippen LogP contribution >= 0.6 is 0 Å². The van der Waals surface area contributed by atoms with Crippen molar-refractivity contribution in [3.63, 3.8) is 0 Å². The van der Waals surface area contributed by atoms with Crippen LogP contribution in [0.5, 0.6) is 0 Å². The second-order valence-electron chi connectivity index (χ2n) is 6.19. The fourth-order valence-electron chi connectivity index (χ4n) is 2.60. The van der Waals surface area contributed by atoms with Crippen molar-refractivity contribution in [1.29, 1.82) is 0 Å². The number of carbonyl (C=O) groups is 1. The van der Waals surface area contributed by atoms with Gasteiger partial charge in [-0.2, -0.15) is 0 Å². The summed E-state index contributed by atoms with van der Waals surface area (Å²) < 4.78 is 11.0. The summed E-state index contributed by atoms with van der Waals surface area (Å²) in [4.78, 5) is 13.6. The van der Waals surface area contributed by atoms with Crippen molar-refractivity contribution in [3.05, 3.63) is 0 Å². The Balaban J connectivity index is 1.89. The highest BCUT2D eigenvalue weighted by Crippen LogP contribution is 2.36. The van der Waals surface area contributed by atoms with Gasteiger partial charge in [0.15, 0.2) is 0 Å². The molecule has 1 unspecified atom stereocenters. The molecule has 5 nitrogen and oxygen atoms in total. The SMILES string of the molecule is CC(C)(C)OC(=O)N1CCC2(CC1)OCCC2O. The summed E-state index contributed by atoms with van der Waals surface area (Å²) in [5, 5.41) is 9.96. The second-order valence-corrected chi connectivity index (χ2v) is 6.19. The number of aliphatic hydroxyl groups is 1. The molecule has 1 N–H and O–H groups in total. The smallest absolute Gasteiger partial charge is 0.410 e. The number of aliphatic hydroxyl groups excluding tert-OH is 1. The van der Waals surface area contributed by atoms with Crippen LogP contribution in [0.25, 0.3) is 0 Å². The van der Waals surface area contributed by atoms with Crippen molar-refractivity contribution < 1.29 is 19.4 Å². The first kappa shape index (κ1) is 13.6. The molecule has 1 spiro atoms. The number of carbonyl (C=O) groups excluding carboxylic acids is 1. The van der Waals surface area contributed by atoms with E-state index in [9.17, 15) is 9.90 Å². The summed E-state index contributed by atoms with van der Waals surface area (Å²) in [6.07, 6.45) is 1.41. The maximum absolute atomic E-state index is 11.9. The van der Waals surface area contributed by atoms with E-state index in [1.165, 1.54) is 0 Å². The standard InChI is InChI=1S/C13H23NO4/c1-12(2,3)18-11(16)14-7-5-13(6-8-14)10(15)4-9-17-13/h10,15H,4-9H2,1-3H3. The number of piperidine rings is 1. The highest BCUT2D eigenvalue weighted by Gasteiger charge is 2.46. The quantitative estimate of drug-likeness (QED) is 0.715. The lowest BCUT2D eigenvalue weighted by Gasteiger charge is -2.40. The number of amides is 1. The number of hydrogen-bond donors (Lipinski definition) is 1. The molecule has 0 aromatic heterocycles. The van der Waals surface area contributed by atoms with Gasteiger partial charge in [0, 0.05) is 13.1 Å². The van der Waals surface area contributed by atoms with Gasteiger partial charge in [-0.1, -0.05) is 0 Å². The molecule has 5 heteroatoms. The molecule has 0 bridgehead atoms. The number of hydrogen-bond acceptors (Lipinski definition) is 4. The molecule has 2 aliphatic heterocycles. The molecule has 0 aromatic carbocycles. The molecule has 2 saturated heterocycles. The van der Waals surface area contributed by atoms with E-state index in [2.05, 4.69) is 0 Å². The fraction of sp³-hybridized carbons (Fsp3) is 0.923. The third-order valence-corrected chi connectivity index (χ3v) is 3.65. The van der Waals surface area contributed by atoms with Crippen molar-refractivity contribution in [2.75, 3.05) is 19.7 Å². The van der Waals surface area contributed by atoms with Gasteiger partial charge in [-0.3, -0.25) is 0 Å². The molecule has 18 heavy (non-hydrogen) atoms. The summed E-state index contributed by atoms with van der Waals surface area (Å²) in [6.45, 7) is 7.38. The highest BCUT2D eigenvalue weighted by molar-refractivity contribution is 5.68. The Morgan fingerprint density at radius 2 is 2.00 bits per heavy atom. The van der Waals surface area contributed by atoms with Gasteiger partial charge in [-0.15, -0.1) is 0 Å². The van der Waals surface area contributed by atoms with Crippen molar-refractivity contribution >= 4 is 6.09 Å². The predicted octanol–water partition coefficient (Wildman–Crippen LogP) is 1.54. The summed E-state index contributed by atoms with van der Waals surface area (Å²) in [7, 11) is 0. The molecule has 0 radical (unpaired) electrons. The first-order valence-electron chi connectivity index (χ1n) is 6.62. The molecular weight excluding hydrogens is 234 g/mol. The third kappa shape index (κ3) is 2.78. The van der Waals surface area contributed by atoms with Gasteiger partial charge in [0.05, 0.1) is 18.3 Å². The Morgan fingerprint density at radius 1 is 1.39 bits per heavy atom. The van der Waals surface area contributed by atoms with Crippen LogP contribution in [-0.4, -0.2) is 53.1 Å². The molecule has 2 rings (SSSR count). The molecule has 0 saturated carbocycles. The normalized spacial score (nSPS) is 27.6. The number of nitrogens with zero attached hydrogens (tertiary/aromatic N) is 1. The monoisotopic (exact) mass is 257 g/mol. The van der Waals surface area contributed by atoms with Gasteiger partial charge >= 0.3 is 6.09 Å². The lowest BCUT2D eigenvalue weighted by Crippen LogP contribution is -2.52. The molecule has 2 heterocycles. The van der Waals surface area contributed by atoms with Crippen LogP contribution in [0.15, 0.2) is 0 Å². The van der Waals surface area contributed by atoms with Gasteiger partial charge < -0.3 is 19.5 Å². The first-order chi connectivity index (χ1) is 8.32. The van der Waals surface area contributed by atoms with E-state index in [-0.39, 0.29) is 6.09 Å². The third-order valence-electron chi connectivity index (χ3n) is 3.65. The summed E-state index contributed by atoms with van der Waals surface area (Å²) in [5.41, 5.74) is -0.881. The zero-order valence-corrected chi connectivity index (χ0v) is 11.4. The lowest BCUT2D eigenvalue weighted by atomic mass is 9.86. The van der Waals surface area contributed by atoms with Crippen molar-refractivity contribution in [2.24, 2.45) is 0 Å². The molecule has 1 amide bonds. The van der Waals surface area contributed by atoms with Crippen LogP contribution in [0.3, 0.4) is 0 Å². The van der Waals surface area contributed by atoms with Crippen molar-refractivity contribution in [1.82, 2.24) is 4.90 Å². The van der Waals surface area contributed by atoms with E-state index in [4.69, 9.17) is 9.47 Å². The van der Waals surface area contributed by atoms with Gasteiger partial charge in [-0.05, 0) is 40.0 Å². The Labute approximate surface area is 108 Å². The molecule has 0 aliphatic carbocycles. The molecule has 104 valence electrons. The molecular formula is C13H23NO4. The first-order valence-corrected chi connectivity index (χ1v) is 6.62. The fourth-order valence-corrected chi connectivity index (χ4v) is 2.60.